The van der Waals surface area contributed by atoms with Crippen LogP contribution < -0.4 is 5.73 Å². The maximum atomic E-state index is 5.57. The molecule has 1 aromatic carbocycles. The molecule has 0 radical (unpaired) electrons. The number of aryl methyl sites for hydroxylation is 5. The largest absolute Gasteiger partial charge is 0.330 e. The van der Waals surface area contributed by atoms with Crippen LogP contribution in [0.1, 0.15) is 34.6 Å². The Kier molecular flexibility index (Phi) is 4.50. The molecule has 2 N–H and O–H groups in total. The van der Waals surface area contributed by atoms with Crippen LogP contribution in [0.25, 0.3) is 11.3 Å². The summed E-state index contributed by atoms with van der Waals surface area (Å²) in [6.45, 7) is 9.12. The fourth-order valence-corrected chi connectivity index (χ4v) is 2.71. The maximum absolute atomic E-state index is 5.57. The van der Waals surface area contributed by atoms with Crippen molar-refractivity contribution in [3.05, 3.63) is 46.4 Å². The average Bonchev–Trinajstić information content (AvgIpc) is 2.34. The summed E-state index contributed by atoms with van der Waals surface area (Å²) >= 11 is 0. The Labute approximate surface area is 121 Å². The molecule has 2 aromatic rings. The van der Waals surface area contributed by atoms with Gasteiger partial charge in [0.25, 0.3) is 0 Å². The quantitative estimate of drug-likeness (QED) is 0.926. The molecule has 0 aliphatic rings. The highest BCUT2D eigenvalue weighted by Crippen LogP contribution is 2.27. The third kappa shape index (κ3) is 3.23. The second-order valence-corrected chi connectivity index (χ2v) is 5.48. The standard InChI is InChI=1S/C17H23N3/c1-11-8-12(2)17(13(3)9-11)15-10-14(4)19-16(20-15)6-5-7-18/h8-10H,5-7,18H2,1-4H3. The van der Waals surface area contributed by atoms with E-state index in [1.165, 1.54) is 22.3 Å². The van der Waals surface area contributed by atoms with Crippen molar-refractivity contribution in [2.75, 3.05) is 6.54 Å². The first-order chi connectivity index (χ1) is 9.51. The van der Waals surface area contributed by atoms with Gasteiger partial charge in [0.1, 0.15) is 5.82 Å². The van der Waals surface area contributed by atoms with Gasteiger partial charge in [-0.2, -0.15) is 0 Å². The second-order valence-electron chi connectivity index (χ2n) is 5.48. The number of nitrogens with zero attached hydrogens (tertiary/aromatic N) is 2. The highest BCUT2D eigenvalue weighted by molar-refractivity contribution is 5.68. The van der Waals surface area contributed by atoms with Gasteiger partial charge >= 0.3 is 0 Å². The first kappa shape index (κ1) is 14.7. The normalized spacial score (nSPS) is 10.8. The number of aromatic nitrogens is 2. The molecule has 0 aliphatic carbocycles. The van der Waals surface area contributed by atoms with Crippen molar-refractivity contribution in [2.45, 2.75) is 40.5 Å². The van der Waals surface area contributed by atoms with Gasteiger partial charge in [-0.05, 0) is 57.9 Å². The third-order valence-electron chi connectivity index (χ3n) is 3.44. The monoisotopic (exact) mass is 269 g/mol. The molecule has 106 valence electrons. The van der Waals surface area contributed by atoms with Crippen LogP contribution in [0.2, 0.25) is 0 Å². The molecule has 0 aliphatic heterocycles. The summed E-state index contributed by atoms with van der Waals surface area (Å²) in [6.07, 6.45) is 1.77. The molecule has 1 heterocycles. The van der Waals surface area contributed by atoms with Crippen LogP contribution in [-0.4, -0.2) is 16.5 Å². The molecule has 0 bridgehead atoms. The fraction of sp³-hybridized carbons (Fsp3) is 0.412. The van der Waals surface area contributed by atoms with E-state index in [9.17, 15) is 0 Å². The molecule has 3 nitrogen and oxygen atoms in total. The van der Waals surface area contributed by atoms with Crippen LogP contribution >= 0.6 is 0 Å². The van der Waals surface area contributed by atoms with E-state index < -0.39 is 0 Å². The van der Waals surface area contributed by atoms with Crippen molar-refractivity contribution in [3.63, 3.8) is 0 Å². The Morgan fingerprint density at radius 1 is 0.950 bits per heavy atom. The Bertz CT molecular complexity index is 595. The van der Waals surface area contributed by atoms with E-state index in [0.717, 1.165) is 30.1 Å². The van der Waals surface area contributed by atoms with Gasteiger partial charge in [0.15, 0.2) is 0 Å². The van der Waals surface area contributed by atoms with Crippen molar-refractivity contribution in [3.8, 4) is 11.3 Å². The van der Waals surface area contributed by atoms with E-state index in [0.29, 0.717) is 6.54 Å². The minimum Gasteiger partial charge on any atom is -0.330 e. The zero-order chi connectivity index (χ0) is 14.7. The van der Waals surface area contributed by atoms with Crippen LogP contribution in [0.3, 0.4) is 0 Å². The van der Waals surface area contributed by atoms with Gasteiger partial charge in [0.05, 0.1) is 5.69 Å². The molecule has 0 atom stereocenters. The van der Waals surface area contributed by atoms with Gasteiger partial charge in [-0.25, -0.2) is 9.97 Å². The number of hydrogen-bond acceptors (Lipinski definition) is 3. The minimum atomic E-state index is 0.676. The average molecular weight is 269 g/mol. The van der Waals surface area contributed by atoms with E-state index in [1.54, 1.807) is 0 Å². The zero-order valence-corrected chi connectivity index (χ0v) is 12.8. The molecule has 2 rings (SSSR count). The lowest BCUT2D eigenvalue weighted by atomic mass is 9.97. The van der Waals surface area contributed by atoms with Crippen LogP contribution in [0.4, 0.5) is 0 Å². The van der Waals surface area contributed by atoms with E-state index in [-0.39, 0.29) is 0 Å². The molecule has 0 spiro atoms. The molecular weight excluding hydrogens is 246 g/mol. The number of hydrogen-bond donors (Lipinski definition) is 1. The lowest BCUT2D eigenvalue weighted by Gasteiger charge is -2.12. The van der Waals surface area contributed by atoms with Gasteiger partial charge in [0.2, 0.25) is 0 Å². The third-order valence-corrected chi connectivity index (χ3v) is 3.44. The summed E-state index contributed by atoms with van der Waals surface area (Å²) in [5, 5.41) is 0. The van der Waals surface area contributed by atoms with Gasteiger partial charge in [-0.1, -0.05) is 17.7 Å². The molecule has 0 fully saturated rings. The predicted molar refractivity (Wildman–Crippen MR) is 83.8 cm³/mol. The van der Waals surface area contributed by atoms with Crippen molar-refractivity contribution in [2.24, 2.45) is 5.73 Å². The summed E-state index contributed by atoms with van der Waals surface area (Å²) in [6, 6.07) is 6.48. The van der Waals surface area contributed by atoms with Gasteiger partial charge in [0, 0.05) is 17.7 Å². The number of rotatable bonds is 4. The molecule has 0 saturated heterocycles. The summed E-state index contributed by atoms with van der Waals surface area (Å²) < 4.78 is 0. The molecule has 20 heavy (non-hydrogen) atoms. The maximum Gasteiger partial charge on any atom is 0.129 e. The summed E-state index contributed by atoms with van der Waals surface area (Å²) in [5.41, 5.74) is 12.7. The number of nitrogens with two attached hydrogens (primary N) is 1. The smallest absolute Gasteiger partial charge is 0.129 e. The molecule has 3 heteroatoms. The minimum absolute atomic E-state index is 0.676. The predicted octanol–water partition coefficient (Wildman–Crippen LogP) is 3.27. The Balaban J connectivity index is 2.50. The molecular formula is C17H23N3. The lowest BCUT2D eigenvalue weighted by molar-refractivity contribution is 0.776. The van der Waals surface area contributed by atoms with Crippen molar-refractivity contribution in [1.82, 2.24) is 9.97 Å². The van der Waals surface area contributed by atoms with E-state index in [2.05, 4.69) is 44.0 Å². The van der Waals surface area contributed by atoms with E-state index >= 15 is 0 Å². The fourth-order valence-electron chi connectivity index (χ4n) is 2.71. The van der Waals surface area contributed by atoms with Crippen molar-refractivity contribution < 1.29 is 0 Å². The molecule has 0 saturated carbocycles. The zero-order valence-electron chi connectivity index (χ0n) is 12.8. The second kappa shape index (κ2) is 6.14. The highest BCUT2D eigenvalue weighted by atomic mass is 14.9. The van der Waals surface area contributed by atoms with Crippen molar-refractivity contribution >= 4 is 0 Å². The first-order valence-electron chi connectivity index (χ1n) is 7.14. The SMILES string of the molecule is Cc1cc(C)c(-c2cc(C)nc(CCCN)n2)c(C)c1. The van der Waals surface area contributed by atoms with Crippen LogP contribution in [-0.2, 0) is 6.42 Å². The van der Waals surface area contributed by atoms with E-state index in [1.807, 2.05) is 6.92 Å². The van der Waals surface area contributed by atoms with E-state index in [4.69, 9.17) is 10.7 Å². The Morgan fingerprint density at radius 2 is 1.60 bits per heavy atom. The topological polar surface area (TPSA) is 51.8 Å². The Morgan fingerprint density at radius 3 is 2.20 bits per heavy atom. The Hall–Kier alpha value is -1.74. The first-order valence-corrected chi connectivity index (χ1v) is 7.14. The molecule has 1 aromatic heterocycles. The summed E-state index contributed by atoms with van der Waals surface area (Å²) in [7, 11) is 0. The van der Waals surface area contributed by atoms with Gasteiger partial charge in [-0.15, -0.1) is 0 Å². The summed E-state index contributed by atoms with van der Waals surface area (Å²) in [4.78, 5) is 9.23. The van der Waals surface area contributed by atoms with Crippen LogP contribution in [0.15, 0.2) is 18.2 Å². The molecule has 0 unspecified atom stereocenters. The van der Waals surface area contributed by atoms with Gasteiger partial charge < -0.3 is 5.73 Å². The van der Waals surface area contributed by atoms with Gasteiger partial charge in [-0.3, -0.25) is 0 Å². The van der Waals surface area contributed by atoms with Crippen LogP contribution in [0, 0.1) is 27.7 Å². The van der Waals surface area contributed by atoms with Crippen LogP contribution in [0.5, 0.6) is 0 Å². The van der Waals surface area contributed by atoms with Crippen molar-refractivity contribution in [1.29, 1.82) is 0 Å². The summed E-state index contributed by atoms with van der Waals surface area (Å²) in [5.74, 6) is 0.893. The lowest BCUT2D eigenvalue weighted by Crippen LogP contribution is -2.05. The molecule has 0 amide bonds. The number of benzene rings is 1. The highest BCUT2D eigenvalue weighted by Gasteiger charge is 2.10.